The monoisotopic (exact) mass is 356 g/mol. The molecule has 2 aliphatic heterocycles. The number of Topliss-reactive ketones (excluding diaryl/α,β-unsaturated/α-hetero) is 2. The number of rotatable bonds is 9. The molecule has 0 amide bonds. The molecule has 0 spiro atoms. The zero-order valence-corrected chi connectivity index (χ0v) is 15.2. The van der Waals surface area contributed by atoms with Gasteiger partial charge < -0.3 is 19.7 Å². The molecule has 2 rings (SSSR count). The molecular weight excluding hydrogens is 324 g/mol. The highest BCUT2D eigenvalue weighted by Crippen LogP contribution is 2.36. The van der Waals surface area contributed by atoms with Gasteiger partial charge in [0.25, 0.3) is 0 Å². The van der Waals surface area contributed by atoms with Gasteiger partial charge in [-0.3, -0.25) is 9.59 Å². The summed E-state index contributed by atoms with van der Waals surface area (Å²) in [6.07, 6.45) is 3.53. The molecule has 144 valence electrons. The van der Waals surface area contributed by atoms with Crippen LogP contribution in [-0.4, -0.2) is 60.4 Å². The smallest absolute Gasteiger partial charge is 0.161 e. The highest BCUT2D eigenvalue weighted by molar-refractivity contribution is 5.86. The molecule has 6 nitrogen and oxygen atoms in total. The van der Waals surface area contributed by atoms with E-state index in [4.69, 9.17) is 9.47 Å². The van der Waals surface area contributed by atoms with Crippen LogP contribution in [-0.2, 0) is 19.1 Å². The van der Waals surface area contributed by atoms with Crippen LogP contribution in [0.1, 0.15) is 51.9 Å². The summed E-state index contributed by atoms with van der Waals surface area (Å²) in [4.78, 5) is 24.7. The number of carbonyl (C=O) groups excluding carboxylic acids is 2. The molecule has 0 aromatic rings. The first-order valence-corrected chi connectivity index (χ1v) is 9.60. The lowest BCUT2D eigenvalue weighted by atomic mass is 9.71. The summed E-state index contributed by atoms with van der Waals surface area (Å²) in [7, 11) is 0. The van der Waals surface area contributed by atoms with Gasteiger partial charge in [-0.2, -0.15) is 0 Å². The van der Waals surface area contributed by atoms with Gasteiger partial charge in [-0.05, 0) is 50.9 Å². The maximum Gasteiger partial charge on any atom is 0.161 e. The quantitative estimate of drug-likeness (QED) is 0.650. The molecule has 0 aliphatic carbocycles. The molecule has 2 N–H and O–H groups in total. The molecule has 0 saturated carbocycles. The molecule has 0 aromatic heterocycles. The van der Waals surface area contributed by atoms with Crippen LogP contribution in [0, 0.1) is 17.8 Å². The lowest BCUT2D eigenvalue weighted by Crippen LogP contribution is -2.43. The number of aliphatic hydroxyl groups excluding tert-OH is 2. The Morgan fingerprint density at radius 1 is 0.960 bits per heavy atom. The summed E-state index contributed by atoms with van der Waals surface area (Å²) in [6, 6.07) is 0. The minimum Gasteiger partial charge on any atom is -0.393 e. The minimum absolute atomic E-state index is 0.0455. The Morgan fingerprint density at radius 2 is 1.48 bits per heavy atom. The molecular formula is C19H32O6. The Labute approximate surface area is 149 Å². The Kier molecular flexibility index (Phi) is 8.49. The average Bonchev–Trinajstić information content (AvgIpc) is 2.61. The van der Waals surface area contributed by atoms with E-state index in [1.165, 1.54) is 0 Å². The van der Waals surface area contributed by atoms with Crippen LogP contribution in [0.4, 0.5) is 0 Å². The van der Waals surface area contributed by atoms with Gasteiger partial charge in [-0.25, -0.2) is 0 Å². The van der Waals surface area contributed by atoms with Crippen LogP contribution in [0.25, 0.3) is 0 Å². The molecule has 4 atom stereocenters. The second-order valence-electron chi connectivity index (χ2n) is 7.37. The van der Waals surface area contributed by atoms with Crippen LogP contribution >= 0.6 is 0 Å². The van der Waals surface area contributed by atoms with Crippen molar-refractivity contribution in [2.75, 3.05) is 26.4 Å². The third kappa shape index (κ3) is 6.13. The third-order valence-electron chi connectivity index (χ3n) is 5.59. The molecule has 0 bridgehead atoms. The summed E-state index contributed by atoms with van der Waals surface area (Å²) in [6.45, 7) is 3.21. The summed E-state index contributed by atoms with van der Waals surface area (Å²) < 4.78 is 10.5. The van der Waals surface area contributed by atoms with E-state index in [0.717, 1.165) is 6.42 Å². The van der Waals surface area contributed by atoms with Crippen molar-refractivity contribution < 1.29 is 29.3 Å². The van der Waals surface area contributed by atoms with E-state index in [1.807, 2.05) is 6.92 Å². The first-order valence-electron chi connectivity index (χ1n) is 9.60. The third-order valence-corrected chi connectivity index (χ3v) is 5.59. The van der Waals surface area contributed by atoms with Gasteiger partial charge in [0, 0.05) is 25.0 Å². The molecule has 4 unspecified atom stereocenters. The van der Waals surface area contributed by atoms with Gasteiger partial charge in [-0.15, -0.1) is 0 Å². The van der Waals surface area contributed by atoms with Crippen molar-refractivity contribution in [3.8, 4) is 0 Å². The number of hydrogen-bond acceptors (Lipinski definition) is 6. The number of hydrogen-bond donors (Lipinski definition) is 2. The summed E-state index contributed by atoms with van der Waals surface area (Å²) >= 11 is 0. The predicted octanol–water partition coefficient (Wildman–Crippen LogP) is 1.51. The SMILES string of the molecule is CCC(O)CCCC(O)CC(C1CCOCC1=O)C1CCOCC1=O. The van der Waals surface area contributed by atoms with Crippen LogP contribution in [0.5, 0.6) is 0 Å². The molecule has 6 heteroatoms. The number of ether oxygens (including phenoxy) is 2. The lowest BCUT2D eigenvalue weighted by Gasteiger charge is -2.37. The van der Waals surface area contributed by atoms with E-state index >= 15 is 0 Å². The number of carbonyl (C=O) groups is 2. The minimum atomic E-state index is -0.555. The van der Waals surface area contributed by atoms with E-state index in [9.17, 15) is 19.8 Å². The number of aliphatic hydroxyl groups is 2. The van der Waals surface area contributed by atoms with Crippen molar-refractivity contribution >= 4 is 11.6 Å². The highest BCUT2D eigenvalue weighted by Gasteiger charge is 2.40. The largest absolute Gasteiger partial charge is 0.393 e. The molecule has 2 heterocycles. The zero-order valence-electron chi connectivity index (χ0n) is 15.2. The molecule has 2 aliphatic rings. The van der Waals surface area contributed by atoms with Gasteiger partial charge in [0.15, 0.2) is 11.6 Å². The van der Waals surface area contributed by atoms with Gasteiger partial charge in [0.05, 0.1) is 12.2 Å². The Morgan fingerprint density at radius 3 is 1.96 bits per heavy atom. The average molecular weight is 356 g/mol. The van der Waals surface area contributed by atoms with E-state index in [1.54, 1.807) is 0 Å². The van der Waals surface area contributed by atoms with Crippen LogP contribution < -0.4 is 0 Å². The molecule has 2 fully saturated rings. The second-order valence-corrected chi connectivity index (χ2v) is 7.37. The first-order chi connectivity index (χ1) is 12.0. The fraction of sp³-hybridized carbons (Fsp3) is 0.895. The van der Waals surface area contributed by atoms with E-state index in [2.05, 4.69) is 0 Å². The van der Waals surface area contributed by atoms with Crippen molar-refractivity contribution in [2.24, 2.45) is 17.8 Å². The van der Waals surface area contributed by atoms with Gasteiger partial charge in [0.2, 0.25) is 0 Å². The summed E-state index contributed by atoms with van der Waals surface area (Å²) in [5.41, 5.74) is 0. The predicted molar refractivity (Wildman–Crippen MR) is 92.1 cm³/mol. The first kappa shape index (κ1) is 20.5. The lowest BCUT2D eigenvalue weighted by molar-refractivity contribution is -0.143. The molecule has 0 aromatic carbocycles. The fourth-order valence-corrected chi connectivity index (χ4v) is 4.04. The van der Waals surface area contributed by atoms with E-state index in [0.29, 0.717) is 51.7 Å². The van der Waals surface area contributed by atoms with Crippen molar-refractivity contribution in [3.63, 3.8) is 0 Å². The Bertz CT molecular complexity index is 410. The van der Waals surface area contributed by atoms with Crippen LogP contribution in [0.2, 0.25) is 0 Å². The normalized spacial score (nSPS) is 28.6. The molecule has 25 heavy (non-hydrogen) atoms. The topological polar surface area (TPSA) is 93.1 Å². The van der Waals surface area contributed by atoms with E-state index in [-0.39, 0.29) is 48.6 Å². The van der Waals surface area contributed by atoms with Gasteiger partial charge >= 0.3 is 0 Å². The van der Waals surface area contributed by atoms with Crippen molar-refractivity contribution in [1.82, 2.24) is 0 Å². The maximum atomic E-state index is 12.3. The van der Waals surface area contributed by atoms with Gasteiger partial charge in [0.1, 0.15) is 13.2 Å². The van der Waals surface area contributed by atoms with E-state index < -0.39 is 6.10 Å². The van der Waals surface area contributed by atoms with Crippen molar-refractivity contribution in [1.29, 1.82) is 0 Å². The fourth-order valence-electron chi connectivity index (χ4n) is 4.04. The second kappa shape index (κ2) is 10.4. The van der Waals surface area contributed by atoms with Crippen molar-refractivity contribution in [3.05, 3.63) is 0 Å². The number of ketones is 2. The highest BCUT2D eigenvalue weighted by atomic mass is 16.5. The van der Waals surface area contributed by atoms with Crippen LogP contribution in [0.3, 0.4) is 0 Å². The van der Waals surface area contributed by atoms with Gasteiger partial charge in [-0.1, -0.05) is 6.92 Å². The Hall–Kier alpha value is -0.820. The zero-order chi connectivity index (χ0) is 18.2. The summed E-state index contributed by atoms with van der Waals surface area (Å²) in [5, 5.41) is 20.1. The molecule has 0 radical (unpaired) electrons. The summed E-state index contributed by atoms with van der Waals surface area (Å²) in [5.74, 6) is -0.472. The molecule has 2 saturated heterocycles. The van der Waals surface area contributed by atoms with Crippen molar-refractivity contribution in [2.45, 2.75) is 64.1 Å². The van der Waals surface area contributed by atoms with Crippen LogP contribution in [0.15, 0.2) is 0 Å². The maximum absolute atomic E-state index is 12.3. The standard InChI is InChI=1S/C19H32O6/c1-2-13(20)4-3-5-14(21)10-17(15-6-8-24-11-18(15)22)16-7-9-25-12-19(16)23/h13-17,20-21H,2-12H2,1H3. The Balaban J connectivity index is 1.98.